The van der Waals surface area contributed by atoms with Crippen molar-refractivity contribution in [1.82, 2.24) is 15.1 Å². The number of nitrogens with zero attached hydrogens (tertiary/aromatic N) is 2. The standard InChI is InChI=1S/C16H31N3O/c1-7-13(5)19-10-9-14(18-19)11-15(17-6)16(12(3)4)20-8-2/h9-10,12-13,15-17H,7-8,11H2,1-6H3. The van der Waals surface area contributed by atoms with Gasteiger partial charge in [0.1, 0.15) is 0 Å². The topological polar surface area (TPSA) is 39.1 Å². The van der Waals surface area contributed by atoms with Crippen molar-refractivity contribution >= 4 is 0 Å². The van der Waals surface area contributed by atoms with E-state index < -0.39 is 0 Å². The lowest BCUT2D eigenvalue weighted by Crippen LogP contribution is -2.44. The molecule has 1 rings (SSSR count). The summed E-state index contributed by atoms with van der Waals surface area (Å²) in [4.78, 5) is 0. The van der Waals surface area contributed by atoms with E-state index in [0.717, 1.165) is 25.1 Å². The SMILES string of the molecule is CCOC(C(C)C)C(Cc1ccn(C(C)CC)n1)NC. The number of aromatic nitrogens is 2. The maximum Gasteiger partial charge on any atom is 0.0754 e. The predicted molar refractivity (Wildman–Crippen MR) is 84.0 cm³/mol. The Hall–Kier alpha value is -0.870. The van der Waals surface area contributed by atoms with Crippen molar-refractivity contribution in [2.24, 2.45) is 5.92 Å². The van der Waals surface area contributed by atoms with E-state index in [4.69, 9.17) is 9.84 Å². The van der Waals surface area contributed by atoms with Crippen molar-refractivity contribution in [1.29, 1.82) is 0 Å². The Labute approximate surface area is 123 Å². The Morgan fingerprint density at radius 3 is 2.50 bits per heavy atom. The molecule has 1 aromatic rings. The lowest BCUT2D eigenvalue weighted by molar-refractivity contribution is 0.00511. The van der Waals surface area contributed by atoms with Gasteiger partial charge in [0, 0.05) is 31.3 Å². The lowest BCUT2D eigenvalue weighted by atomic mass is 9.96. The molecular weight excluding hydrogens is 250 g/mol. The molecule has 4 heteroatoms. The van der Waals surface area contributed by atoms with Crippen molar-refractivity contribution < 1.29 is 4.74 Å². The molecule has 0 aliphatic carbocycles. The van der Waals surface area contributed by atoms with E-state index in [0.29, 0.717) is 18.0 Å². The van der Waals surface area contributed by atoms with Gasteiger partial charge in [0.25, 0.3) is 0 Å². The molecule has 1 N–H and O–H groups in total. The summed E-state index contributed by atoms with van der Waals surface area (Å²) in [5.41, 5.74) is 1.13. The highest BCUT2D eigenvalue weighted by molar-refractivity contribution is 5.03. The highest BCUT2D eigenvalue weighted by Crippen LogP contribution is 2.16. The van der Waals surface area contributed by atoms with Crippen LogP contribution in [0.15, 0.2) is 12.3 Å². The Bertz CT molecular complexity index is 376. The summed E-state index contributed by atoms with van der Waals surface area (Å²) in [5.74, 6) is 0.490. The summed E-state index contributed by atoms with van der Waals surface area (Å²) >= 11 is 0. The molecular formula is C16H31N3O. The number of ether oxygens (including phenoxy) is 1. The van der Waals surface area contributed by atoms with Gasteiger partial charge >= 0.3 is 0 Å². The van der Waals surface area contributed by atoms with Crippen molar-refractivity contribution in [3.8, 4) is 0 Å². The van der Waals surface area contributed by atoms with Gasteiger partial charge in [-0.1, -0.05) is 20.8 Å². The Morgan fingerprint density at radius 2 is 2.00 bits per heavy atom. The molecule has 1 heterocycles. The molecule has 4 nitrogen and oxygen atoms in total. The average molecular weight is 281 g/mol. The van der Waals surface area contributed by atoms with Gasteiger partial charge in [-0.15, -0.1) is 0 Å². The molecule has 0 fully saturated rings. The molecule has 0 spiro atoms. The monoisotopic (exact) mass is 281 g/mol. The third kappa shape index (κ3) is 4.60. The normalized spacial score (nSPS) is 16.4. The molecule has 0 aromatic carbocycles. The summed E-state index contributed by atoms with van der Waals surface area (Å²) in [6.45, 7) is 11.6. The molecule has 20 heavy (non-hydrogen) atoms. The van der Waals surface area contributed by atoms with E-state index >= 15 is 0 Å². The van der Waals surface area contributed by atoms with Crippen molar-refractivity contribution in [3.63, 3.8) is 0 Å². The zero-order valence-corrected chi connectivity index (χ0v) is 13.9. The Morgan fingerprint density at radius 1 is 1.30 bits per heavy atom. The van der Waals surface area contributed by atoms with Crippen molar-refractivity contribution in [3.05, 3.63) is 18.0 Å². The molecule has 0 radical (unpaired) electrons. The zero-order chi connectivity index (χ0) is 15.1. The van der Waals surface area contributed by atoms with Crippen LogP contribution in [0.5, 0.6) is 0 Å². The van der Waals surface area contributed by atoms with Crippen LogP contribution in [0, 0.1) is 5.92 Å². The molecule has 0 saturated carbocycles. The first-order chi connectivity index (χ1) is 9.53. The molecule has 1 aromatic heterocycles. The maximum absolute atomic E-state index is 5.91. The second kappa shape index (κ2) is 8.42. The quantitative estimate of drug-likeness (QED) is 0.756. The minimum Gasteiger partial charge on any atom is -0.377 e. The van der Waals surface area contributed by atoms with Gasteiger partial charge < -0.3 is 10.1 Å². The van der Waals surface area contributed by atoms with Gasteiger partial charge in [-0.2, -0.15) is 5.10 Å². The van der Waals surface area contributed by atoms with E-state index in [-0.39, 0.29) is 6.10 Å². The summed E-state index contributed by atoms with van der Waals surface area (Å²) in [5, 5.41) is 8.09. The van der Waals surface area contributed by atoms with Crippen molar-refractivity contribution in [2.75, 3.05) is 13.7 Å². The maximum atomic E-state index is 5.91. The van der Waals surface area contributed by atoms with E-state index in [1.807, 2.05) is 7.05 Å². The Kier molecular flexibility index (Phi) is 7.24. The van der Waals surface area contributed by atoms with Gasteiger partial charge in [0.2, 0.25) is 0 Å². The van der Waals surface area contributed by atoms with Crippen LogP contribution in [0.3, 0.4) is 0 Å². The van der Waals surface area contributed by atoms with Crippen LogP contribution in [0.25, 0.3) is 0 Å². The number of nitrogens with one attached hydrogen (secondary N) is 1. The fraction of sp³-hybridized carbons (Fsp3) is 0.812. The minimum absolute atomic E-state index is 0.221. The second-order valence-electron chi connectivity index (χ2n) is 5.81. The fourth-order valence-electron chi connectivity index (χ4n) is 2.49. The third-order valence-corrected chi connectivity index (χ3v) is 3.92. The second-order valence-corrected chi connectivity index (χ2v) is 5.81. The smallest absolute Gasteiger partial charge is 0.0754 e. The molecule has 0 saturated heterocycles. The lowest BCUT2D eigenvalue weighted by Gasteiger charge is -2.29. The largest absolute Gasteiger partial charge is 0.377 e. The van der Waals surface area contributed by atoms with Crippen LogP contribution in [-0.2, 0) is 11.2 Å². The third-order valence-electron chi connectivity index (χ3n) is 3.92. The van der Waals surface area contributed by atoms with Gasteiger partial charge in [-0.05, 0) is 39.3 Å². The van der Waals surface area contributed by atoms with Crippen LogP contribution < -0.4 is 5.32 Å². The van der Waals surface area contributed by atoms with E-state index in [2.05, 4.69) is 56.9 Å². The molecule has 116 valence electrons. The zero-order valence-electron chi connectivity index (χ0n) is 13.9. The summed E-state index contributed by atoms with van der Waals surface area (Å²) in [7, 11) is 2.00. The van der Waals surface area contributed by atoms with Crippen LogP contribution in [0.2, 0.25) is 0 Å². The van der Waals surface area contributed by atoms with Crippen LogP contribution >= 0.6 is 0 Å². The van der Waals surface area contributed by atoms with Crippen molar-refractivity contribution in [2.45, 2.75) is 65.6 Å². The molecule has 3 atom stereocenters. The predicted octanol–water partition coefficient (Wildman–Crippen LogP) is 3.05. The van der Waals surface area contributed by atoms with Gasteiger partial charge in [0.05, 0.1) is 11.8 Å². The van der Waals surface area contributed by atoms with E-state index in [9.17, 15) is 0 Å². The molecule has 0 aliphatic heterocycles. The summed E-state index contributed by atoms with van der Waals surface area (Å²) in [6, 6.07) is 2.89. The first kappa shape index (κ1) is 17.2. The highest BCUT2D eigenvalue weighted by Gasteiger charge is 2.24. The summed E-state index contributed by atoms with van der Waals surface area (Å²) in [6.07, 6.45) is 4.31. The highest BCUT2D eigenvalue weighted by atomic mass is 16.5. The van der Waals surface area contributed by atoms with Gasteiger partial charge in [0.15, 0.2) is 0 Å². The van der Waals surface area contributed by atoms with Crippen LogP contribution in [-0.4, -0.2) is 35.6 Å². The average Bonchev–Trinajstić information content (AvgIpc) is 2.90. The Balaban J connectivity index is 2.74. The molecule has 0 amide bonds. The van der Waals surface area contributed by atoms with E-state index in [1.54, 1.807) is 0 Å². The van der Waals surface area contributed by atoms with Crippen LogP contribution in [0.4, 0.5) is 0 Å². The number of likely N-dealkylation sites (N-methyl/N-ethyl adjacent to an activating group) is 1. The number of hydrogen-bond acceptors (Lipinski definition) is 3. The number of hydrogen-bond donors (Lipinski definition) is 1. The number of rotatable bonds is 9. The van der Waals surface area contributed by atoms with Gasteiger partial charge in [-0.25, -0.2) is 0 Å². The van der Waals surface area contributed by atoms with Crippen LogP contribution in [0.1, 0.15) is 52.8 Å². The molecule has 0 aliphatic rings. The van der Waals surface area contributed by atoms with Gasteiger partial charge in [-0.3, -0.25) is 4.68 Å². The summed E-state index contributed by atoms with van der Waals surface area (Å²) < 4.78 is 7.97. The van der Waals surface area contributed by atoms with E-state index in [1.165, 1.54) is 0 Å². The molecule has 3 unspecified atom stereocenters. The fourth-order valence-corrected chi connectivity index (χ4v) is 2.49. The minimum atomic E-state index is 0.221. The first-order valence-corrected chi connectivity index (χ1v) is 7.86. The first-order valence-electron chi connectivity index (χ1n) is 7.86. The molecule has 0 bridgehead atoms.